The highest BCUT2D eigenvalue weighted by Gasteiger charge is 2.32. The number of halogens is 4. The van der Waals surface area contributed by atoms with Gasteiger partial charge in [-0.1, -0.05) is 15.9 Å². The van der Waals surface area contributed by atoms with Gasteiger partial charge in [0.2, 0.25) is 0 Å². The molecule has 1 aromatic rings. The Morgan fingerprint density at radius 1 is 1.38 bits per heavy atom. The Balaban J connectivity index is 3.16. The minimum Gasteiger partial charge on any atom is -0.399 e. The van der Waals surface area contributed by atoms with E-state index in [0.717, 1.165) is 6.07 Å². The predicted octanol–water partition coefficient (Wildman–Crippen LogP) is 2.58. The summed E-state index contributed by atoms with van der Waals surface area (Å²) in [5, 5.41) is 0.251. The van der Waals surface area contributed by atoms with E-state index in [-0.39, 0.29) is 16.7 Å². The number of aromatic nitrogens is 1. The lowest BCUT2D eigenvalue weighted by molar-refractivity contribution is -0.141. The summed E-state index contributed by atoms with van der Waals surface area (Å²) < 4.78 is 36.5. The highest BCUT2D eigenvalue weighted by molar-refractivity contribution is 9.08. The number of rotatable bonds is 1. The number of anilines is 1. The molecule has 0 aromatic carbocycles. The van der Waals surface area contributed by atoms with Crippen molar-refractivity contribution >= 4 is 21.6 Å². The van der Waals surface area contributed by atoms with E-state index >= 15 is 0 Å². The number of hydrogen-bond donors (Lipinski definition) is 1. The van der Waals surface area contributed by atoms with Crippen LogP contribution in [0.4, 0.5) is 18.9 Å². The smallest absolute Gasteiger partial charge is 0.399 e. The van der Waals surface area contributed by atoms with E-state index in [2.05, 4.69) is 20.9 Å². The highest BCUT2D eigenvalue weighted by atomic mass is 79.9. The van der Waals surface area contributed by atoms with Gasteiger partial charge in [0.15, 0.2) is 0 Å². The van der Waals surface area contributed by atoms with Crippen molar-refractivity contribution < 1.29 is 13.2 Å². The first-order valence-corrected chi connectivity index (χ1v) is 4.45. The maximum absolute atomic E-state index is 12.2. The van der Waals surface area contributed by atoms with Crippen molar-refractivity contribution in [1.29, 1.82) is 0 Å². The Kier molecular flexibility index (Phi) is 2.80. The Labute approximate surface area is 81.1 Å². The number of hydrogen-bond acceptors (Lipinski definition) is 2. The fourth-order valence-corrected chi connectivity index (χ4v) is 1.11. The fourth-order valence-electron chi connectivity index (χ4n) is 0.825. The average Bonchev–Trinajstić information content (AvgIpc) is 2.01. The lowest BCUT2D eigenvalue weighted by atomic mass is 10.2. The summed E-state index contributed by atoms with van der Waals surface area (Å²) >= 11 is 3.01. The van der Waals surface area contributed by atoms with Crippen LogP contribution in [-0.2, 0) is 11.5 Å². The third kappa shape index (κ3) is 2.58. The molecule has 0 atom stereocenters. The first kappa shape index (κ1) is 10.3. The molecule has 0 radical (unpaired) electrons. The molecule has 0 fully saturated rings. The molecule has 1 aromatic heterocycles. The summed E-state index contributed by atoms with van der Waals surface area (Å²) in [6.45, 7) is 0. The molecule has 0 aliphatic rings. The Morgan fingerprint density at radius 3 is 2.46 bits per heavy atom. The molecule has 72 valence electrons. The Hall–Kier alpha value is -0.780. The molecular formula is C7H6BrF3N2. The van der Waals surface area contributed by atoms with E-state index < -0.39 is 11.9 Å². The number of nitrogens with two attached hydrogens (primary N) is 1. The van der Waals surface area contributed by atoms with Gasteiger partial charge in [-0.05, 0) is 12.1 Å². The first-order valence-electron chi connectivity index (χ1n) is 3.33. The Bertz CT molecular complexity index is 311. The number of pyridine rings is 1. The zero-order valence-corrected chi connectivity index (χ0v) is 7.98. The van der Waals surface area contributed by atoms with Gasteiger partial charge >= 0.3 is 6.18 Å². The van der Waals surface area contributed by atoms with Gasteiger partial charge in [0.1, 0.15) is 5.69 Å². The lowest BCUT2D eigenvalue weighted by Crippen LogP contribution is -2.10. The van der Waals surface area contributed by atoms with Crippen LogP contribution in [0.2, 0.25) is 0 Å². The molecule has 2 N–H and O–H groups in total. The molecule has 1 rings (SSSR count). The molecule has 0 amide bonds. The molecule has 0 bridgehead atoms. The van der Waals surface area contributed by atoms with E-state index in [0.29, 0.717) is 0 Å². The van der Waals surface area contributed by atoms with E-state index in [4.69, 9.17) is 5.73 Å². The fraction of sp³-hybridized carbons (Fsp3) is 0.286. The van der Waals surface area contributed by atoms with E-state index in [9.17, 15) is 13.2 Å². The second kappa shape index (κ2) is 3.53. The van der Waals surface area contributed by atoms with Crippen LogP contribution < -0.4 is 5.73 Å². The molecule has 1 heterocycles. The molecule has 0 saturated carbocycles. The molecular weight excluding hydrogens is 249 g/mol. The van der Waals surface area contributed by atoms with Crippen LogP contribution in [0, 0.1) is 0 Å². The van der Waals surface area contributed by atoms with E-state index in [1.165, 1.54) is 6.07 Å². The minimum atomic E-state index is -4.44. The largest absolute Gasteiger partial charge is 0.433 e. The summed E-state index contributed by atoms with van der Waals surface area (Å²) in [5.41, 5.74) is 4.65. The summed E-state index contributed by atoms with van der Waals surface area (Å²) in [5.74, 6) is 0. The van der Waals surface area contributed by atoms with Crippen LogP contribution in [0.15, 0.2) is 12.1 Å². The number of nitrogen functional groups attached to an aromatic ring is 1. The Morgan fingerprint density at radius 2 is 2.00 bits per heavy atom. The minimum absolute atomic E-state index is 0.0665. The quantitative estimate of drug-likeness (QED) is 0.783. The van der Waals surface area contributed by atoms with Crippen molar-refractivity contribution in [2.24, 2.45) is 0 Å². The third-order valence-electron chi connectivity index (χ3n) is 1.33. The lowest BCUT2D eigenvalue weighted by Gasteiger charge is -2.07. The molecule has 0 saturated heterocycles. The first-order chi connectivity index (χ1) is 5.93. The van der Waals surface area contributed by atoms with Crippen molar-refractivity contribution in [2.75, 3.05) is 5.73 Å². The van der Waals surface area contributed by atoms with Crippen LogP contribution in [0.3, 0.4) is 0 Å². The normalized spacial score (nSPS) is 11.7. The van der Waals surface area contributed by atoms with Gasteiger partial charge in [0, 0.05) is 11.0 Å². The summed E-state index contributed by atoms with van der Waals surface area (Å²) in [6.07, 6.45) is -4.44. The van der Waals surface area contributed by atoms with Crippen LogP contribution in [0.1, 0.15) is 11.4 Å². The standard InChI is InChI=1S/C7H6BrF3N2/c8-3-5-1-4(12)2-6(13-5)7(9,10)11/h1-2H,3H2,(H2,12,13). The van der Waals surface area contributed by atoms with Crippen molar-refractivity contribution in [1.82, 2.24) is 4.98 Å². The number of alkyl halides is 4. The summed E-state index contributed by atoms with van der Waals surface area (Å²) in [7, 11) is 0. The van der Waals surface area contributed by atoms with Crippen LogP contribution in [0.25, 0.3) is 0 Å². The molecule has 0 spiro atoms. The number of nitrogens with zero attached hydrogens (tertiary/aromatic N) is 1. The van der Waals surface area contributed by atoms with Gasteiger partial charge in [-0.3, -0.25) is 0 Å². The topological polar surface area (TPSA) is 38.9 Å². The second-order valence-electron chi connectivity index (χ2n) is 2.41. The molecule has 0 aliphatic carbocycles. The summed E-state index contributed by atoms with van der Waals surface area (Å²) in [4.78, 5) is 3.37. The zero-order chi connectivity index (χ0) is 10.1. The maximum atomic E-state index is 12.2. The van der Waals surface area contributed by atoms with Crippen LogP contribution in [-0.4, -0.2) is 4.98 Å². The van der Waals surface area contributed by atoms with E-state index in [1.807, 2.05) is 0 Å². The van der Waals surface area contributed by atoms with Gasteiger partial charge < -0.3 is 5.73 Å². The molecule has 0 aliphatic heterocycles. The highest BCUT2D eigenvalue weighted by Crippen LogP contribution is 2.29. The predicted molar refractivity (Wildman–Crippen MR) is 46.3 cm³/mol. The van der Waals surface area contributed by atoms with Gasteiger partial charge in [-0.2, -0.15) is 13.2 Å². The van der Waals surface area contributed by atoms with Crippen molar-refractivity contribution in [3.8, 4) is 0 Å². The average molecular weight is 255 g/mol. The molecule has 0 unspecified atom stereocenters. The second-order valence-corrected chi connectivity index (χ2v) is 2.97. The van der Waals surface area contributed by atoms with Crippen molar-refractivity contribution in [3.05, 3.63) is 23.5 Å². The molecule has 2 nitrogen and oxygen atoms in total. The third-order valence-corrected chi connectivity index (χ3v) is 1.90. The molecule has 6 heteroatoms. The molecule has 13 heavy (non-hydrogen) atoms. The van der Waals surface area contributed by atoms with Gasteiger partial charge in [0.05, 0.1) is 5.69 Å². The van der Waals surface area contributed by atoms with Crippen molar-refractivity contribution in [3.63, 3.8) is 0 Å². The maximum Gasteiger partial charge on any atom is 0.433 e. The van der Waals surface area contributed by atoms with Gasteiger partial charge in [-0.25, -0.2) is 4.98 Å². The summed E-state index contributed by atoms with van der Waals surface area (Å²) in [6, 6.07) is 2.20. The van der Waals surface area contributed by atoms with Gasteiger partial charge in [0.25, 0.3) is 0 Å². The van der Waals surface area contributed by atoms with Crippen molar-refractivity contribution in [2.45, 2.75) is 11.5 Å². The van der Waals surface area contributed by atoms with E-state index in [1.54, 1.807) is 0 Å². The SMILES string of the molecule is Nc1cc(CBr)nc(C(F)(F)F)c1. The zero-order valence-electron chi connectivity index (χ0n) is 6.40. The van der Waals surface area contributed by atoms with Crippen LogP contribution >= 0.6 is 15.9 Å². The van der Waals surface area contributed by atoms with Crippen LogP contribution in [0.5, 0.6) is 0 Å². The monoisotopic (exact) mass is 254 g/mol. The van der Waals surface area contributed by atoms with Gasteiger partial charge in [-0.15, -0.1) is 0 Å².